The van der Waals surface area contributed by atoms with Crippen LogP contribution in [0.3, 0.4) is 0 Å². The number of nitrogens with zero attached hydrogens (tertiary/aromatic N) is 1. The number of nitrogens with two attached hydrogens (primary N) is 1. The molecule has 1 aromatic heterocycles. The van der Waals surface area contributed by atoms with E-state index in [0.717, 1.165) is 6.07 Å². The van der Waals surface area contributed by atoms with Gasteiger partial charge >= 0.3 is 6.36 Å². The minimum atomic E-state index is -4.76. The van der Waals surface area contributed by atoms with Gasteiger partial charge in [-0.3, -0.25) is 0 Å². The van der Waals surface area contributed by atoms with Crippen LogP contribution in [0.2, 0.25) is 0 Å². The number of halogens is 3. The summed E-state index contributed by atoms with van der Waals surface area (Å²) >= 11 is 0. The number of alkyl halides is 3. The van der Waals surface area contributed by atoms with Crippen molar-refractivity contribution in [3.05, 3.63) is 17.8 Å². The molecule has 0 aliphatic heterocycles. The Labute approximate surface area is 83.8 Å². The van der Waals surface area contributed by atoms with Gasteiger partial charge < -0.3 is 15.2 Å². The van der Waals surface area contributed by atoms with Gasteiger partial charge in [-0.2, -0.15) is 0 Å². The summed E-state index contributed by atoms with van der Waals surface area (Å²) in [5.41, 5.74) is 5.49. The Morgan fingerprint density at radius 1 is 1.40 bits per heavy atom. The molecule has 0 fully saturated rings. The molecule has 0 saturated carbocycles. The lowest BCUT2D eigenvalue weighted by Crippen LogP contribution is -2.18. The van der Waals surface area contributed by atoms with E-state index in [-0.39, 0.29) is 12.2 Å². The van der Waals surface area contributed by atoms with E-state index >= 15 is 0 Å². The number of hydrogen-bond donors (Lipinski definition) is 1. The molecule has 2 N–H and O–H groups in total. The van der Waals surface area contributed by atoms with Crippen LogP contribution in [0.25, 0.3) is 0 Å². The molecule has 0 radical (unpaired) electrons. The predicted octanol–water partition coefficient (Wildman–Crippen LogP) is 1.45. The number of rotatable bonds is 3. The monoisotopic (exact) mass is 222 g/mol. The molecule has 15 heavy (non-hydrogen) atoms. The van der Waals surface area contributed by atoms with Crippen LogP contribution >= 0.6 is 0 Å². The predicted molar refractivity (Wildman–Crippen MR) is 45.4 cm³/mol. The Balaban J connectivity index is 2.93. The summed E-state index contributed by atoms with van der Waals surface area (Å²) < 4.78 is 44.0. The molecule has 0 atom stereocenters. The van der Waals surface area contributed by atoms with Gasteiger partial charge in [-0.15, -0.1) is 13.2 Å². The van der Waals surface area contributed by atoms with Crippen molar-refractivity contribution in [2.75, 3.05) is 7.11 Å². The lowest BCUT2D eigenvalue weighted by atomic mass is 10.3. The first-order valence-corrected chi connectivity index (χ1v) is 3.96. The largest absolute Gasteiger partial charge is 0.574 e. The fraction of sp³-hybridized carbons (Fsp3) is 0.375. The van der Waals surface area contributed by atoms with Crippen LogP contribution < -0.4 is 15.2 Å². The van der Waals surface area contributed by atoms with E-state index < -0.39 is 12.2 Å². The van der Waals surface area contributed by atoms with Gasteiger partial charge in [0.2, 0.25) is 5.88 Å². The number of pyridine rings is 1. The molecular formula is C8H9F3N2O2. The minimum Gasteiger partial charge on any atom is -0.495 e. The average Bonchev–Trinajstić information content (AvgIpc) is 2.15. The fourth-order valence-electron chi connectivity index (χ4n) is 0.976. The third kappa shape index (κ3) is 3.28. The summed E-state index contributed by atoms with van der Waals surface area (Å²) in [7, 11) is 1.38. The summed E-state index contributed by atoms with van der Waals surface area (Å²) in [6.45, 7) is -0.0295. The SMILES string of the molecule is COc1ccc(OC(F)(F)F)nc1CN. The van der Waals surface area contributed by atoms with E-state index in [4.69, 9.17) is 10.5 Å². The lowest BCUT2D eigenvalue weighted by molar-refractivity contribution is -0.276. The smallest absolute Gasteiger partial charge is 0.495 e. The van der Waals surface area contributed by atoms with Gasteiger partial charge in [0.05, 0.1) is 12.8 Å². The Morgan fingerprint density at radius 2 is 2.07 bits per heavy atom. The van der Waals surface area contributed by atoms with Crippen molar-refractivity contribution in [1.82, 2.24) is 4.98 Å². The Hall–Kier alpha value is -1.50. The average molecular weight is 222 g/mol. The second kappa shape index (κ2) is 4.35. The van der Waals surface area contributed by atoms with Gasteiger partial charge in [0, 0.05) is 12.6 Å². The van der Waals surface area contributed by atoms with E-state index in [9.17, 15) is 13.2 Å². The van der Waals surface area contributed by atoms with E-state index in [1.54, 1.807) is 0 Å². The highest BCUT2D eigenvalue weighted by Gasteiger charge is 2.31. The van der Waals surface area contributed by atoms with E-state index in [0.29, 0.717) is 5.75 Å². The van der Waals surface area contributed by atoms with Gasteiger partial charge in [0.1, 0.15) is 5.75 Å². The zero-order chi connectivity index (χ0) is 11.5. The normalized spacial score (nSPS) is 11.3. The number of ether oxygens (including phenoxy) is 2. The van der Waals surface area contributed by atoms with Gasteiger partial charge in [0.15, 0.2) is 0 Å². The molecule has 7 heteroatoms. The summed E-state index contributed by atoms with van der Waals surface area (Å²) in [5.74, 6) is -0.226. The van der Waals surface area contributed by atoms with Crippen LogP contribution in [0.15, 0.2) is 12.1 Å². The first kappa shape index (κ1) is 11.6. The second-order valence-corrected chi connectivity index (χ2v) is 2.55. The Bertz CT molecular complexity index is 341. The van der Waals surface area contributed by atoms with Crippen LogP contribution in [0.5, 0.6) is 11.6 Å². The Kier molecular flexibility index (Phi) is 3.35. The topological polar surface area (TPSA) is 57.4 Å². The third-order valence-electron chi connectivity index (χ3n) is 1.54. The lowest BCUT2D eigenvalue weighted by Gasteiger charge is -2.10. The summed E-state index contributed by atoms with van der Waals surface area (Å²) in [6.07, 6.45) is -4.76. The first-order chi connectivity index (χ1) is 6.96. The van der Waals surface area contributed by atoms with Gasteiger partial charge in [-0.1, -0.05) is 0 Å². The molecule has 0 saturated heterocycles. The highest BCUT2D eigenvalue weighted by Crippen LogP contribution is 2.24. The minimum absolute atomic E-state index is 0.0295. The quantitative estimate of drug-likeness (QED) is 0.840. The Morgan fingerprint density at radius 3 is 2.53 bits per heavy atom. The highest BCUT2D eigenvalue weighted by atomic mass is 19.4. The van der Waals surface area contributed by atoms with Gasteiger partial charge in [-0.05, 0) is 6.07 Å². The van der Waals surface area contributed by atoms with Crippen LogP contribution in [-0.2, 0) is 6.54 Å². The molecular weight excluding hydrogens is 213 g/mol. The maximum atomic E-state index is 11.8. The molecule has 84 valence electrons. The van der Waals surface area contributed by atoms with E-state index in [2.05, 4.69) is 9.72 Å². The highest BCUT2D eigenvalue weighted by molar-refractivity contribution is 5.31. The van der Waals surface area contributed by atoms with Crippen molar-refractivity contribution in [3.63, 3.8) is 0 Å². The van der Waals surface area contributed by atoms with Crippen molar-refractivity contribution in [3.8, 4) is 11.6 Å². The van der Waals surface area contributed by atoms with Crippen molar-refractivity contribution in [1.29, 1.82) is 0 Å². The third-order valence-corrected chi connectivity index (χ3v) is 1.54. The van der Waals surface area contributed by atoms with E-state index in [1.807, 2.05) is 0 Å². The number of methoxy groups -OCH3 is 1. The van der Waals surface area contributed by atoms with Crippen molar-refractivity contribution >= 4 is 0 Å². The van der Waals surface area contributed by atoms with Crippen LogP contribution in [0, 0.1) is 0 Å². The molecule has 0 aliphatic rings. The number of aromatic nitrogens is 1. The molecule has 1 heterocycles. The van der Waals surface area contributed by atoms with Crippen molar-refractivity contribution in [2.45, 2.75) is 12.9 Å². The number of hydrogen-bond acceptors (Lipinski definition) is 4. The first-order valence-electron chi connectivity index (χ1n) is 3.96. The summed E-state index contributed by atoms with van der Waals surface area (Å²) in [4.78, 5) is 3.56. The maximum absolute atomic E-state index is 11.8. The fourth-order valence-corrected chi connectivity index (χ4v) is 0.976. The van der Waals surface area contributed by atoms with Crippen molar-refractivity contribution in [2.24, 2.45) is 5.73 Å². The molecule has 0 aromatic carbocycles. The molecule has 0 unspecified atom stereocenters. The van der Waals surface area contributed by atoms with E-state index in [1.165, 1.54) is 13.2 Å². The molecule has 0 spiro atoms. The summed E-state index contributed by atoms with van der Waals surface area (Å²) in [5, 5.41) is 0. The molecule has 4 nitrogen and oxygen atoms in total. The molecule has 1 aromatic rings. The van der Waals surface area contributed by atoms with Gasteiger partial charge in [-0.25, -0.2) is 4.98 Å². The van der Waals surface area contributed by atoms with Crippen LogP contribution in [-0.4, -0.2) is 18.5 Å². The molecule has 1 rings (SSSR count). The second-order valence-electron chi connectivity index (χ2n) is 2.55. The standard InChI is InChI=1S/C8H9F3N2O2/c1-14-6-2-3-7(13-5(6)4-12)15-8(9,10)11/h2-3H,4,12H2,1H3. The zero-order valence-corrected chi connectivity index (χ0v) is 7.84. The van der Waals surface area contributed by atoms with Crippen LogP contribution in [0.1, 0.15) is 5.69 Å². The maximum Gasteiger partial charge on any atom is 0.574 e. The van der Waals surface area contributed by atoms with Crippen LogP contribution in [0.4, 0.5) is 13.2 Å². The molecule has 0 aliphatic carbocycles. The molecule has 0 bridgehead atoms. The zero-order valence-electron chi connectivity index (χ0n) is 7.84. The molecule has 0 amide bonds. The summed E-state index contributed by atoms with van der Waals surface area (Å²) in [6, 6.07) is 2.38. The van der Waals surface area contributed by atoms with Gasteiger partial charge in [0.25, 0.3) is 0 Å². The van der Waals surface area contributed by atoms with Crippen molar-refractivity contribution < 1.29 is 22.6 Å².